The minimum atomic E-state index is -3.25. The molecule has 0 aliphatic heterocycles. The van der Waals surface area contributed by atoms with Gasteiger partial charge in [0, 0.05) is 27.9 Å². The highest BCUT2D eigenvalue weighted by Gasteiger charge is 2.18. The SMILES string of the molecule is CS(=O)(=O)CC(N)c1ccc(-c2ccc3ncnc(Nc4ccc(Cc5cccc(F)c5)c(Cl)c4)c3c2)o1. The summed E-state index contributed by atoms with van der Waals surface area (Å²) >= 11 is 6.55. The Labute approximate surface area is 224 Å². The molecule has 2 heterocycles. The molecule has 194 valence electrons. The number of rotatable bonds is 8. The summed E-state index contributed by atoms with van der Waals surface area (Å²) in [6, 6.07) is 20.3. The Bertz CT molecular complexity index is 1740. The fourth-order valence-corrected chi connectivity index (χ4v) is 5.26. The summed E-state index contributed by atoms with van der Waals surface area (Å²) in [5, 5.41) is 4.60. The average molecular weight is 551 g/mol. The third kappa shape index (κ3) is 6.02. The highest BCUT2D eigenvalue weighted by Crippen LogP contribution is 2.32. The lowest BCUT2D eigenvalue weighted by atomic mass is 10.0. The lowest BCUT2D eigenvalue weighted by Gasteiger charge is -2.12. The molecule has 1 unspecified atom stereocenters. The molecule has 3 aromatic carbocycles. The Balaban J connectivity index is 1.40. The zero-order valence-corrected chi connectivity index (χ0v) is 21.9. The molecule has 0 fully saturated rings. The fraction of sp³-hybridized carbons (Fsp3) is 0.143. The second-order valence-corrected chi connectivity index (χ2v) is 11.7. The summed E-state index contributed by atoms with van der Waals surface area (Å²) in [5.41, 5.74) is 9.94. The van der Waals surface area contributed by atoms with E-state index < -0.39 is 15.9 Å². The molecule has 5 aromatic rings. The number of halogens is 2. The van der Waals surface area contributed by atoms with E-state index in [9.17, 15) is 12.8 Å². The standard InChI is InChI=1S/C28H24ClFN4O3S/c1-38(35,36)15-24(31)27-10-9-26(37-27)19-6-8-25-22(13-19)28(33-16-32-25)34-21-7-5-18(23(29)14-21)11-17-3-2-4-20(30)12-17/h2-10,12-14,16,24H,11,15,31H2,1H3,(H,32,33,34). The Kier molecular flexibility index (Phi) is 7.16. The van der Waals surface area contributed by atoms with Gasteiger partial charge in [-0.2, -0.15) is 0 Å². The third-order valence-corrected chi connectivity index (χ3v) is 7.31. The minimum absolute atomic E-state index is 0.205. The van der Waals surface area contributed by atoms with Crippen molar-refractivity contribution in [3.63, 3.8) is 0 Å². The first-order valence-corrected chi connectivity index (χ1v) is 14.2. The number of hydrogen-bond donors (Lipinski definition) is 2. The van der Waals surface area contributed by atoms with Crippen molar-refractivity contribution in [3.05, 3.63) is 107 Å². The van der Waals surface area contributed by atoms with E-state index in [0.29, 0.717) is 28.8 Å². The van der Waals surface area contributed by atoms with Gasteiger partial charge in [-0.1, -0.05) is 29.8 Å². The molecule has 10 heteroatoms. The van der Waals surface area contributed by atoms with Crippen LogP contribution in [-0.4, -0.2) is 30.4 Å². The molecule has 5 rings (SSSR count). The van der Waals surface area contributed by atoms with Crippen molar-refractivity contribution in [1.29, 1.82) is 0 Å². The van der Waals surface area contributed by atoms with Gasteiger partial charge in [0.25, 0.3) is 0 Å². The number of anilines is 2. The number of nitrogens with one attached hydrogen (secondary N) is 1. The molecular formula is C28H24ClFN4O3S. The maximum Gasteiger partial charge on any atom is 0.149 e. The Hall–Kier alpha value is -3.79. The van der Waals surface area contributed by atoms with Gasteiger partial charge in [0.2, 0.25) is 0 Å². The van der Waals surface area contributed by atoms with Crippen LogP contribution in [0.3, 0.4) is 0 Å². The van der Waals surface area contributed by atoms with Crippen molar-refractivity contribution in [2.45, 2.75) is 12.5 Å². The number of aromatic nitrogens is 2. The molecule has 0 spiro atoms. The first kappa shape index (κ1) is 25.8. The first-order chi connectivity index (χ1) is 18.1. The molecular weight excluding hydrogens is 527 g/mol. The van der Waals surface area contributed by atoms with E-state index >= 15 is 0 Å². The lowest BCUT2D eigenvalue weighted by Crippen LogP contribution is -2.20. The molecule has 2 aromatic heterocycles. The monoisotopic (exact) mass is 550 g/mol. The van der Waals surface area contributed by atoms with Gasteiger partial charge in [0.05, 0.1) is 17.3 Å². The molecule has 7 nitrogen and oxygen atoms in total. The summed E-state index contributed by atoms with van der Waals surface area (Å²) in [6.45, 7) is 0. The molecule has 0 aliphatic rings. The predicted octanol–water partition coefficient (Wildman–Crippen LogP) is 6.06. The highest BCUT2D eigenvalue weighted by atomic mass is 35.5. The van der Waals surface area contributed by atoms with Crippen molar-refractivity contribution in [1.82, 2.24) is 9.97 Å². The van der Waals surface area contributed by atoms with Gasteiger partial charge in [-0.05, 0) is 72.1 Å². The third-order valence-electron chi connectivity index (χ3n) is 5.99. The second kappa shape index (κ2) is 10.5. The van der Waals surface area contributed by atoms with E-state index in [0.717, 1.165) is 39.5 Å². The van der Waals surface area contributed by atoms with Gasteiger partial charge in [-0.15, -0.1) is 0 Å². The van der Waals surface area contributed by atoms with Gasteiger partial charge in [0.15, 0.2) is 0 Å². The molecule has 3 N–H and O–H groups in total. The summed E-state index contributed by atoms with van der Waals surface area (Å²) in [7, 11) is -3.25. The van der Waals surface area contributed by atoms with Gasteiger partial charge in [-0.3, -0.25) is 0 Å². The normalized spacial score (nSPS) is 12.5. The predicted molar refractivity (Wildman–Crippen MR) is 148 cm³/mol. The second-order valence-electron chi connectivity index (χ2n) is 9.09. The van der Waals surface area contributed by atoms with Crippen molar-refractivity contribution in [2.24, 2.45) is 5.73 Å². The van der Waals surface area contributed by atoms with Crippen LogP contribution in [0, 0.1) is 5.82 Å². The quantitative estimate of drug-likeness (QED) is 0.241. The summed E-state index contributed by atoms with van der Waals surface area (Å²) < 4.78 is 42.6. The summed E-state index contributed by atoms with van der Waals surface area (Å²) in [4.78, 5) is 8.77. The number of hydrogen-bond acceptors (Lipinski definition) is 7. The summed E-state index contributed by atoms with van der Waals surface area (Å²) in [5.74, 6) is 1.02. The molecule has 38 heavy (non-hydrogen) atoms. The van der Waals surface area contributed by atoms with Crippen LogP contribution in [0.4, 0.5) is 15.9 Å². The van der Waals surface area contributed by atoms with Crippen LogP contribution in [0.15, 0.2) is 83.5 Å². The number of benzene rings is 3. The molecule has 0 amide bonds. The number of nitrogens with two attached hydrogens (primary N) is 1. The molecule has 0 saturated carbocycles. The van der Waals surface area contributed by atoms with Crippen LogP contribution in [-0.2, 0) is 16.3 Å². The zero-order valence-electron chi connectivity index (χ0n) is 20.4. The smallest absolute Gasteiger partial charge is 0.149 e. The van der Waals surface area contributed by atoms with Crippen LogP contribution in [0.1, 0.15) is 22.9 Å². The Morgan fingerprint density at radius 1 is 1.05 bits per heavy atom. The van der Waals surface area contributed by atoms with E-state index in [-0.39, 0.29) is 11.6 Å². The van der Waals surface area contributed by atoms with Gasteiger partial charge < -0.3 is 15.5 Å². The maximum absolute atomic E-state index is 13.5. The van der Waals surface area contributed by atoms with Crippen molar-refractivity contribution >= 4 is 43.8 Å². The van der Waals surface area contributed by atoms with E-state index in [1.54, 1.807) is 24.3 Å². The van der Waals surface area contributed by atoms with Crippen LogP contribution >= 0.6 is 11.6 Å². The topological polar surface area (TPSA) is 111 Å². The fourth-order valence-electron chi connectivity index (χ4n) is 4.20. The van der Waals surface area contributed by atoms with E-state index in [1.807, 2.05) is 36.4 Å². The molecule has 0 saturated heterocycles. The average Bonchev–Trinajstić information content (AvgIpc) is 3.36. The lowest BCUT2D eigenvalue weighted by molar-refractivity contribution is 0.488. The highest BCUT2D eigenvalue weighted by molar-refractivity contribution is 7.90. The van der Waals surface area contributed by atoms with Crippen molar-refractivity contribution in [2.75, 3.05) is 17.3 Å². The van der Waals surface area contributed by atoms with E-state index in [4.69, 9.17) is 21.8 Å². The minimum Gasteiger partial charge on any atom is -0.459 e. The molecule has 1 atom stereocenters. The van der Waals surface area contributed by atoms with Crippen LogP contribution in [0.5, 0.6) is 0 Å². The maximum atomic E-state index is 13.5. The van der Waals surface area contributed by atoms with Crippen LogP contribution < -0.4 is 11.1 Å². The first-order valence-electron chi connectivity index (χ1n) is 11.7. The van der Waals surface area contributed by atoms with Crippen LogP contribution in [0.2, 0.25) is 5.02 Å². The molecule has 0 aliphatic carbocycles. The molecule has 0 bridgehead atoms. The van der Waals surface area contributed by atoms with Gasteiger partial charge in [-0.25, -0.2) is 22.8 Å². The van der Waals surface area contributed by atoms with Crippen molar-refractivity contribution < 1.29 is 17.2 Å². The van der Waals surface area contributed by atoms with Gasteiger partial charge in [0.1, 0.15) is 39.3 Å². The number of sulfone groups is 1. The van der Waals surface area contributed by atoms with E-state index in [2.05, 4.69) is 15.3 Å². The number of fused-ring (bicyclic) bond motifs is 1. The molecule has 0 radical (unpaired) electrons. The summed E-state index contributed by atoms with van der Waals surface area (Å²) in [6.07, 6.45) is 3.12. The largest absolute Gasteiger partial charge is 0.459 e. The Morgan fingerprint density at radius 3 is 2.66 bits per heavy atom. The van der Waals surface area contributed by atoms with E-state index in [1.165, 1.54) is 18.5 Å². The van der Waals surface area contributed by atoms with Gasteiger partial charge >= 0.3 is 0 Å². The zero-order chi connectivity index (χ0) is 26.9. The van der Waals surface area contributed by atoms with Crippen molar-refractivity contribution in [3.8, 4) is 11.3 Å². The number of furan rings is 1. The Morgan fingerprint density at radius 2 is 1.89 bits per heavy atom. The van der Waals surface area contributed by atoms with Crippen LogP contribution in [0.25, 0.3) is 22.2 Å². The number of nitrogens with zero attached hydrogens (tertiary/aromatic N) is 2.